The van der Waals surface area contributed by atoms with E-state index in [0.29, 0.717) is 11.2 Å². The fourth-order valence-electron chi connectivity index (χ4n) is 2.52. The van der Waals surface area contributed by atoms with Crippen LogP contribution in [0.1, 0.15) is 10.4 Å². The number of thiazole rings is 1. The van der Waals surface area contributed by atoms with Crippen LogP contribution in [0.15, 0.2) is 60.4 Å². The molecule has 0 aliphatic heterocycles. The molecule has 3 heterocycles. The van der Waals surface area contributed by atoms with Gasteiger partial charge in [0.25, 0.3) is 5.91 Å². The monoisotopic (exact) mass is 320 g/mol. The Morgan fingerprint density at radius 2 is 2.04 bits per heavy atom. The van der Waals surface area contributed by atoms with E-state index < -0.39 is 5.91 Å². The minimum atomic E-state index is -0.482. The molecule has 0 atom stereocenters. The van der Waals surface area contributed by atoms with Crippen LogP contribution < -0.4 is 5.73 Å². The van der Waals surface area contributed by atoms with Crippen LogP contribution in [0.5, 0.6) is 0 Å². The van der Waals surface area contributed by atoms with Gasteiger partial charge in [-0.05, 0) is 18.2 Å². The van der Waals surface area contributed by atoms with Crippen molar-refractivity contribution in [1.82, 2.24) is 14.4 Å². The normalized spacial score (nSPS) is 11.0. The second-order valence-electron chi connectivity index (χ2n) is 5.06. The van der Waals surface area contributed by atoms with Crippen molar-refractivity contribution in [1.29, 1.82) is 0 Å². The number of benzene rings is 1. The molecule has 0 saturated heterocycles. The standard InChI is InChI=1S/C17H12N4OS/c18-15(22)13-5-2-7-21-10-14(20-16(13)21)11-3-1-4-12(9-11)17-19-6-8-23-17/h1-10H,(H2,18,22). The highest BCUT2D eigenvalue weighted by Crippen LogP contribution is 2.27. The first-order chi connectivity index (χ1) is 11.2. The van der Waals surface area contributed by atoms with E-state index in [0.717, 1.165) is 21.8 Å². The van der Waals surface area contributed by atoms with Gasteiger partial charge >= 0.3 is 0 Å². The van der Waals surface area contributed by atoms with Crippen LogP contribution in [-0.2, 0) is 0 Å². The number of hydrogen-bond acceptors (Lipinski definition) is 4. The van der Waals surface area contributed by atoms with Gasteiger partial charge in [-0.15, -0.1) is 11.3 Å². The van der Waals surface area contributed by atoms with Crippen molar-refractivity contribution in [3.05, 3.63) is 65.9 Å². The predicted octanol–water partition coefficient (Wildman–Crippen LogP) is 3.22. The lowest BCUT2D eigenvalue weighted by molar-refractivity contribution is 0.100. The third-order valence-electron chi connectivity index (χ3n) is 3.59. The number of carbonyl (C=O) groups is 1. The third kappa shape index (κ3) is 2.39. The van der Waals surface area contributed by atoms with Crippen LogP contribution in [0.3, 0.4) is 0 Å². The van der Waals surface area contributed by atoms with Crippen molar-refractivity contribution in [3.63, 3.8) is 0 Å². The minimum absolute atomic E-state index is 0.412. The van der Waals surface area contributed by atoms with Gasteiger partial charge in [-0.2, -0.15) is 0 Å². The summed E-state index contributed by atoms with van der Waals surface area (Å²) in [7, 11) is 0. The second kappa shape index (κ2) is 5.33. The molecule has 0 unspecified atom stereocenters. The number of nitrogens with two attached hydrogens (primary N) is 1. The van der Waals surface area contributed by atoms with Crippen LogP contribution >= 0.6 is 11.3 Å². The van der Waals surface area contributed by atoms with Crippen molar-refractivity contribution < 1.29 is 4.79 Å². The number of pyridine rings is 1. The summed E-state index contributed by atoms with van der Waals surface area (Å²) in [5.74, 6) is -0.482. The lowest BCUT2D eigenvalue weighted by Gasteiger charge is -2.00. The first kappa shape index (κ1) is 13.7. The summed E-state index contributed by atoms with van der Waals surface area (Å²) in [6, 6.07) is 11.5. The Kier molecular flexibility index (Phi) is 3.17. The molecule has 2 N–H and O–H groups in total. The third-order valence-corrected chi connectivity index (χ3v) is 4.41. The highest BCUT2D eigenvalue weighted by atomic mass is 32.1. The van der Waals surface area contributed by atoms with Gasteiger partial charge in [-0.25, -0.2) is 9.97 Å². The van der Waals surface area contributed by atoms with Crippen LogP contribution in [0.4, 0.5) is 0 Å². The Bertz CT molecular complexity index is 1000. The van der Waals surface area contributed by atoms with Crippen molar-refractivity contribution in [3.8, 4) is 21.8 Å². The fourth-order valence-corrected chi connectivity index (χ4v) is 3.16. The van der Waals surface area contributed by atoms with Gasteiger partial charge in [0.15, 0.2) is 0 Å². The molecule has 4 aromatic rings. The van der Waals surface area contributed by atoms with Crippen molar-refractivity contribution in [2.24, 2.45) is 5.73 Å². The summed E-state index contributed by atoms with van der Waals surface area (Å²) in [6.07, 6.45) is 5.53. The Morgan fingerprint density at radius 3 is 2.83 bits per heavy atom. The van der Waals surface area contributed by atoms with E-state index in [-0.39, 0.29) is 0 Å². The van der Waals surface area contributed by atoms with E-state index in [1.165, 1.54) is 0 Å². The largest absolute Gasteiger partial charge is 0.365 e. The zero-order valence-electron chi connectivity index (χ0n) is 12.0. The maximum atomic E-state index is 11.5. The summed E-state index contributed by atoms with van der Waals surface area (Å²) >= 11 is 1.59. The van der Waals surface area contributed by atoms with Crippen LogP contribution in [-0.4, -0.2) is 20.3 Å². The molecule has 3 aromatic heterocycles. The van der Waals surface area contributed by atoms with Gasteiger partial charge in [0.2, 0.25) is 0 Å². The van der Waals surface area contributed by atoms with E-state index in [9.17, 15) is 4.79 Å². The molecule has 0 radical (unpaired) electrons. The number of fused-ring (bicyclic) bond motifs is 1. The van der Waals surface area contributed by atoms with Crippen molar-refractivity contribution in [2.45, 2.75) is 0 Å². The smallest absolute Gasteiger partial charge is 0.252 e. The first-order valence-corrected chi connectivity index (χ1v) is 7.88. The topological polar surface area (TPSA) is 73.3 Å². The number of hydrogen-bond donors (Lipinski definition) is 1. The molecule has 112 valence electrons. The van der Waals surface area contributed by atoms with Gasteiger partial charge in [0.05, 0.1) is 11.3 Å². The van der Waals surface area contributed by atoms with Gasteiger partial charge in [-0.1, -0.05) is 18.2 Å². The number of imidazole rings is 1. The molecule has 0 bridgehead atoms. The Hall–Kier alpha value is -2.99. The number of amides is 1. The highest BCUT2D eigenvalue weighted by molar-refractivity contribution is 7.13. The van der Waals surface area contributed by atoms with E-state index in [1.807, 2.05) is 46.4 Å². The number of rotatable bonds is 3. The number of nitrogens with zero attached hydrogens (tertiary/aromatic N) is 3. The highest BCUT2D eigenvalue weighted by Gasteiger charge is 2.12. The molecule has 1 amide bonds. The van der Waals surface area contributed by atoms with Crippen LogP contribution in [0.25, 0.3) is 27.5 Å². The Morgan fingerprint density at radius 1 is 1.17 bits per heavy atom. The molecule has 0 aliphatic rings. The molecule has 1 aromatic carbocycles. The molecular weight excluding hydrogens is 308 g/mol. The van der Waals surface area contributed by atoms with Crippen molar-refractivity contribution in [2.75, 3.05) is 0 Å². The second-order valence-corrected chi connectivity index (χ2v) is 5.96. The number of aromatic nitrogens is 3. The van der Waals surface area contributed by atoms with Crippen LogP contribution in [0, 0.1) is 0 Å². The zero-order chi connectivity index (χ0) is 15.8. The average molecular weight is 320 g/mol. The molecule has 0 fully saturated rings. The first-order valence-electron chi connectivity index (χ1n) is 7.00. The summed E-state index contributed by atoms with van der Waals surface area (Å²) in [5, 5.41) is 2.92. The summed E-state index contributed by atoms with van der Waals surface area (Å²) in [6.45, 7) is 0. The quantitative estimate of drug-likeness (QED) is 0.630. The van der Waals surface area contributed by atoms with Gasteiger partial charge in [0, 0.05) is 35.1 Å². The molecule has 0 aliphatic carbocycles. The minimum Gasteiger partial charge on any atom is -0.365 e. The molecule has 0 spiro atoms. The summed E-state index contributed by atoms with van der Waals surface area (Å²) in [4.78, 5) is 20.4. The van der Waals surface area contributed by atoms with Gasteiger partial charge in [0.1, 0.15) is 10.7 Å². The van der Waals surface area contributed by atoms with Gasteiger partial charge < -0.3 is 10.1 Å². The van der Waals surface area contributed by atoms with Crippen molar-refractivity contribution >= 4 is 22.9 Å². The Labute approximate surface area is 136 Å². The number of carbonyl (C=O) groups excluding carboxylic acids is 1. The maximum absolute atomic E-state index is 11.5. The van der Waals surface area contributed by atoms with E-state index in [4.69, 9.17) is 5.73 Å². The van der Waals surface area contributed by atoms with E-state index in [1.54, 1.807) is 29.7 Å². The predicted molar refractivity (Wildman–Crippen MR) is 90.3 cm³/mol. The molecule has 6 heteroatoms. The zero-order valence-corrected chi connectivity index (χ0v) is 12.8. The van der Waals surface area contributed by atoms with E-state index in [2.05, 4.69) is 9.97 Å². The molecular formula is C17H12N4OS. The van der Waals surface area contributed by atoms with Crippen LogP contribution in [0.2, 0.25) is 0 Å². The fraction of sp³-hybridized carbons (Fsp3) is 0. The maximum Gasteiger partial charge on any atom is 0.252 e. The van der Waals surface area contributed by atoms with E-state index >= 15 is 0 Å². The number of primary amides is 1. The SMILES string of the molecule is NC(=O)c1cccn2cc(-c3cccc(-c4nccs4)c3)nc12. The molecule has 0 saturated carbocycles. The average Bonchev–Trinajstić information content (AvgIpc) is 3.23. The molecule has 23 heavy (non-hydrogen) atoms. The summed E-state index contributed by atoms with van der Waals surface area (Å²) < 4.78 is 1.81. The van der Waals surface area contributed by atoms with Gasteiger partial charge in [-0.3, -0.25) is 4.79 Å². The lowest BCUT2D eigenvalue weighted by atomic mass is 10.1. The molecule has 5 nitrogen and oxygen atoms in total. The summed E-state index contributed by atoms with van der Waals surface area (Å²) in [5.41, 5.74) is 9.20. The Balaban J connectivity index is 1.85. The lowest BCUT2D eigenvalue weighted by Crippen LogP contribution is -2.12. The molecule has 4 rings (SSSR count).